The van der Waals surface area contributed by atoms with Crippen molar-refractivity contribution in [3.05, 3.63) is 77.6 Å². The molecule has 0 aliphatic heterocycles. The maximum atomic E-state index is 12.2. The highest BCUT2D eigenvalue weighted by Crippen LogP contribution is 2.22. The average Bonchev–Trinajstić information content (AvgIpc) is 3.17. The van der Waals surface area contributed by atoms with Crippen molar-refractivity contribution in [2.45, 2.75) is 18.7 Å². The number of ether oxygens (including phenoxy) is 1. The van der Waals surface area contributed by atoms with E-state index in [1.807, 2.05) is 6.92 Å². The SMILES string of the molecule is CCOC(=O)c1ccc(-c2ccc(/C=N/NS(=O)(=O)c3ccc(C)cc3)o2)cc1. The van der Waals surface area contributed by atoms with Crippen LogP contribution in [0.5, 0.6) is 0 Å². The number of furan rings is 1. The average molecular weight is 412 g/mol. The fourth-order valence-corrected chi connectivity index (χ4v) is 3.28. The lowest BCUT2D eigenvalue weighted by Crippen LogP contribution is -2.18. The molecule has 0 unspecified atom stereocenters. The molecule has 0 aliphatic carbocycles. The molecule has 3 rings (SSSR count). The number of benzene rings is 2. The normalized spacial score (nSPS) is 11.5. The summed E-state index contributed by atoms with van der Waals surface area (Å²) in [6, 6.07) is 16.6. The lowest BCUT2D eigenvalue weighted by molar-refractivity contribution is 0.0526. The summed E-state index contributed by atoms with van der Waals surface area (Å²) >= 11 is 0. The second-order valence-corrected chi connectivity index (χ2v) is 7.83. The van der Waals surface area contributed by atoms with Gasteiger partial charge in [0.1, 0.15) is 11.5 Å². The first-order chi connectivity index (χ1) is 13.9. The topological polar surface area (TPSA) is 98.0 Å². The highest BCUT2D eigenvalue weighted by molar-refractivity contribution is 7.89. The van der Waals surface area contributed by atoms with Gasteiger partial charge in [0.15, 0.2) is 0 Å². The molecule has 150 valence electrons. The molecule has 8 heteroatoms. The maximum Gasteiger partial charge on any atom is 0.338 e. The lowest BCUT2D eigenvalue weighted by atomic mass is 10.1. The summed E-state index contributed by atoms with van der Waals surface area (Å²) < 4.78 is 35.0. The van der Waals surface area contributed by atoms with Gasteiger partial charge in [0.25, 0.3) is 10.0 Å². The Hall–Kier alpha value is -3.39. The number of carbonyl (C=O) groups excluding carboxylic acids is 1. The maximum absolute atomic E-state index is 12.2. The van der Waals surface area contributed by atoms with Crippen molar-refractivity contribution in [2.75, 3.05) is 6.61 Å². The number of hydrogen-bond donors (Lipinski definition) is 1. The summed E-state index contributed by atoms with van der Waals surface area (Å²) in [4.78, 5) is 14.0. The Balaban J connectivity index is 1.67. The van der Waals surface area contributed by atoms with E-state index in [4.69, 9.17) is 9.15 Å². The Kier molecular flexibility index (Phi) is 6.13. The molecule has 0 atom stereocenters. The van der Waals surface area contributed by atoms with Crippen LogP contribution >= 0.6 is 0 Å². The molecule has 0 fully saturated rings. The van der Waals surface area contributed by atoms with Gasteiger partial charge in [0, 0.05) is 5.56 Å². The number of hydrogen-bond acceptors (Lipinski definition) is 6. The van der Waals surface area contributed by atoms with E-state index in [1.165, 1.54) is 18.3 Å². The molecule has 2 aromatic carbocycles. The molecule has 0 amide bonds. The van der Waals surface area contributed by atoms with Crippen molar-refractivity contribution < 1.29 is 22.4 Å². The van der Waals surface area contributed by atoms with Crippen LogP contribution in [0.3, 0.4) is 0 Å². The molecular weight excluding hydrogens is 392 g/mol. The predicted octanol–water partition coefficient (Wildman–Crippen LogP) is 3.74. The minimum absolute atomic E-state index is 0.127. The predicted molar refractivity (Wildman–Crippen MR) is 109 cm³/mol. The molecule has 7 nitrogen and oxygen atoms in total. The van der Waals surface area contributed by atoms with Crippen LogP contribution in [0.1, 0.15) is 28.6 Å². The number of sulfonamides is 1. The molecule has 3 aromatic rings. The Labute approximate surface area is 169 Å². The fourth-order valence-electron chi connectivity index (χ4n) is 2.49. The van der Waals surface area contributed by atoms with Crippen LogP contribution in [0, 0.1) is 6.92 Å². The second-order valence-electron chi connectivity index (χ2n) is 6.17. The van der Waals surface area contributed by atoms with Gasteiger partial charge >= 0.3 is 5.97 Å². The van der Waals surface area contributed by atoms with E-state index in [9.17, 15) is 13.2 Å². The lowest BCUT2D eigenvalue weighted by Gasteiger charge is -2.03. The molecule has 0 spiro atoms. The van der Waals surface area contributed by atoms with Gasteiger partial charge in [-0.3, -0.25) is 0 Å². The first-order valence-electron chi connectivity index (χ1n) is 8.88. The highest BCUT2D eigenvalue weighted by atomic mass is 32.2. The Bertz CT molecular complexity index is 1110. The second kappa shape index (κ2) is 8.74. The summed E-state index contributed by atoms with van der Waals surface area (Å²) in [6.45, 7) is 3.94. The third kappa shape index (κ3) is 5.11. The molecule has 0 bridgehead atoms. The number of nitrogens with one attached hydrogen (secondary N) is 1. The molecule has 0 saturated heterocycles. The smallest absolute Gasteiger partial charge is 0.338 e. The van der Waals surface area contributed by atoms with Crippen molar-refractivity contribution in [1.82, 2.24) is 4.83 Å². The Morgan fingerprint density at radius 2 is 1.76 bits per heavy atom. The van der Waals surface area contributed by atoms with E-state index >= 15 is 0 Å². The number of rotatable bonds is 7. The summed E-state index contributed by atoms with van der Waals surface area (Å²) in [5.74, 6) is 0.552. The molecule has 1 aromatic heterocycles. The van der Waals surface area contributed by atoms with Gasteiger partial charge in [-0.2, -0.15) is 18.4 Å². The van der Waals surface area contributed by atoms with Crippen LogP contribution in [0.4, 0.5) is 0 Å². The van der Waals surface area contributed by atoms with Crippen LogP contribution in [0.2, 0.25) is 0 Å². The van der Waals surface area contributed by atoms with E-state index in [0.29, 0.717) is 23.7 Å². The van der Waals surface area contributed by atoms with Crippen molar-refractivity contribution in [1.29, 1.82) is 0 Å². The molecule has 0 saturated carbocycles. The summed E-state index contributed by atoms with van der Waals surface area (Å²) in [7, 11) is -3.74. The van der Waals surface area contributed by atoms with Gasteiger partial charge < -0.3 is 9.15 Å². The molecule has 1 N–H and O–H groups in total. The Morgan fingerprint density at radius 3 is 2.41 bits per heavy atom. The van der Waals surface area contributed by atoms with E-state index in [1.54, 1.807) is 55.5 Å². The first-order valence-corrected chi connectivity index (χ1v) is 10.4. The van der Waals surface area contributed by atoms with Crippen molar-refractivity contribution in [3.8, 4) is 11.3 Å². The van der Waals surface area contributed by atoms with Crippen molar-refractivity contribution >= 4 is 22.2 Å². The summed E-state index contributed by atoms with van der Waals surface area (Å²) in [5, 5.41) is 3.76. The summed E-state index contributed by atoms with van der Waals surface area (Å²) in [5.41, 5.74) is 2.18. The van der Waals surface area contributed by atoms with Crippen LogP contribution < -0.4 is 4.83 Å². The molecule has 0 aliphatic rings. The molecule has 1 heterocycles. The van der Waals surface area contributed by atoms with Gasteiger partial charge in [0.05, 0.1) is 23.3 Å². The standard InChI is InChI=1S/C21H20N2O5S/c1-3-27-21(24)17-8-6-16(7-9-17)20-13-10-18(28-20)14-22-23-29(25,26)19-11-4-15(2)5-12-19/h4-14,23H,3H2,1-2H3/b22-14+. The number of hydrazone groups is 1. The zero-order chi connectivity index (χ0) is 20.9. The number of aryl methyl sites for hydroxylation is 1. The van der Waals surface area contributed by atoms with Gasteiger partial charge in [-0.15, -0.1) is 0 Å². The van der Waals surface area contributed by atoms with Crippen molar-refractivity contribution in [2.24, 2.45) is 5.10 Å². The molecular formula is C21H20N2O5S. The number of carbonyl (C=O) groups is 1. The van der Waals surface area contributed by atoms with E-state index in [0.717, 1.165) is 11.1 Å². The van der Waals surface area contributed by atoms with Crippen LogP contribution in [0.25, 0.3) is 11.3 Å². The van der Waals surface area contributed by atoms with E-state index < -0.39 is 10.0 Å². The fraction of sp³-hybridized carbons (Fsp3) is 0.143. The van der Waals surface area contributed by atoms with Crippen LogP contribution in [0.15, 0.2) is 75.1 Å². The zero-order valence-corrected chi connectivity index (χ0v) is 16.8. The molecule has 29 heavy (non-hydrogen) atoms. The number of esters is 1. The first kappa shape index (κ1) is 20.3. The van der Waals surface area contributed by atoms with Crippen LogP contribution in [-0.4, -0.2) is 27.2 Å². The van der Waals surface area contributed by atoms with Gasteiger partial charge in [0.2, 0.25) is 0 Å². The number of nitrogens with zero attached hydrogens (tertiary/aromatic N) is 1. The third-order valence-electron chi connectivity index (χ3n) is 4.00. The third-order valence-corrected chi connectivity index (χ3v) is 5.24. The largest absolute Gasteiger partial charge is 0.462 e. The zero-order valence-electron chi connectivity index (χ0n) is 16.0. The van der Waals surface area contributed by atoms with Gasteiger partial charge in [-0.1, -0.05) is 29.8 Å². The van der Waals surface area contributed by atoms with Gasteiger partial charge in [-0.05, 0) is 50.2 Å². The summed E-state index contributed by atoms with van der Waals surface area (Å²) in [6.07, 6.45) is 1.28. The highest BCUT2D eigenvalue weighted by Gasteiger charge is 2.12. The van der Waals surface area contributed by atoms with Crippen LogP contribution in [-0.2, 0) is 14.8 Å². The van der Waals surface area contributed by atoms with E-state index in [2.05, 4.69) is 9.93 Å². The van der Waals surface area contributed by atoms with Crippen molar-refractivity contribution in [3.63, 3.8) is 0 Å². The van der Waals surface area contributed by atoms with Gasteiger partial charge in [-0.25, -0.2) is 4.79 Å². The molecule has 0 radical (unpaired) electrons. The quantitative estimate of drug-likeness (QED) is 0.362. The van der Waals surface area contributed by atoms with E-state index in [-0.39, 0.29) is 10.9 Å². The minimum atomic E-state index is -3.74. The Morgan fingerprint density at radius 1 is 1.07 bits per heavy atom. The monoisotopic (exact) mass is 412 g/mol. The minimum Gasteiger partial charge on any atom is -0.462 e.